The van der Waals surface area contributed by atoms with Crippen LogP contribution < -0.4 is 4.74 Å². The number of imidazole rings is 1. The van der Waals surface area contributed by atoms with Crippen LogP contribution in [0.5, 0.6) is 5.75 Å². The molecule has 0 spiro atoms. The Morgan fingerprint density at radius 1 is 1.17 bits per heavy atom. The summed E-state index contributed by atoms with van der Waals surface area (Å²) in [4.78, 5) is 4.69. The van der Waals surface area contributed by atoms with Crippen LogP contribution in [0.4, 0.5) is 0 Å². The van der Waals surface area contributed by atoms with Crippen LogP contribution in [0.1, 0.15) is 19.2 Å². The van der Waals surface area contributed by atoms with Gasteiger partial charge in [0.15, 0.2) is 0 Å². The highest BCUT2D eigenvalue weighted by molar-refractivity contribution is 9.10. The lowest BCUT2D eigenvalue weighted by Crippen LogP contribution is -2.24. The van der Waals surface area contributed by atoms with E-state index in [4.69, 9.17) is 4.74 Å². The van der Waals surface area contributed by atoms with E-state index < -0.39 is 6.10 Å². The summed E-state index contributed by atoms with van der Waals surface area (Å²) in [5.74, 6) is 1.77. The summed E-state index contributed by atoms with van der Waals surface area (Å²) >= 11 is 3.40. The average Bonchev–Trinajstić information content (AvgIpc) is 2.92. The molecule has 4 nitrogen and oxygen atoms in total. The molecule has 0 bridgehead atoms. The number of benzene rings is 2. The van der Waals surface area contributed by atoms with Crippen molar-refractivity contribution in [2.45, 2.75) is 32.4 Å². The van der Waals surface area contributed by atoms with Gasteiger partial charge in [-0.2, -0.15) is 0 Å². The first-order valence-corrected chi connectivity index (χ1v) is 8.97. The summed E-state index contributed by atoms with van der Waals surface area (Å²) in [7, 11) is 0. The molecular formula is C19H21BrN2O2. The van der Waals surface area contributed by atoms with Gasteiger partial charge in [0, 0.05) is 10.9 Å². The van der Waals surface area contributed by atoms with Crippen molar-refractivity contribution in [1.29, 1.82) is 0 Å². The quantitative estimate of drug-likeness (QED) is 0.659. The molecule has 3 rings (SSSR count). The number of aryl methyl sites for hydroxylation is 1. The Hall–Kier alpha value is -1.85. The fourth-order valence-corrected chi connectivity index (χ4v) is 2.99. The summed E-state index contributed by atoms with van der Waals surface area (Å²) in [6.45, 7) is 2.86. The van der Waals surface area contributed by atoms with E-state index in [0.29, 0.717) is 6.54 Å². The lowest BCUT2D eigenvalue weighted by atomic mass is 10.3. The van der Waals surface area contributed by atoms with Crippen molar-refractivity contribution in [2.24, 2.45) is 0 Å². The molecule has 0 aliphatic heterocycles. The van der Waals surface area contributed by atoms with Crippen LogP contribution in [-0.4, -0.2) is 27.4 Å². The van der Waals surface area contributed by atoms with E-state index in [0.717, 1.165) is 39.9 Å². The molecule has 0 saturated heterocycles. The summed E-state index contributed by atoms with van der Waals surface area (Å²) in [5, 5.41) is 10.4. The SMILES string of the molecule is CCCc1nc2ccccc2n1C[C@@H](O)COc1ccc(Br)cc1. The lowest BCUT2D eigenvalue weighted by molar-refractivity contribution is 0.0927. The van der Waals surface area contributed by atoms with E-state index in [9.17, 15) is 5.11 Å². The third-order valence-corrected chi connectivity index (χ3v) is 4.39. The second kappa shape index (κ2) is 7.81. The summed E-state index contributed by atoms with van der Waals surface area (Å²) in [5.41, 5.74) is 2.03. The van der Waals surface area contributed by atoms with Crippen LogP contribution in [0.3, 0.4) is 0 Å². The van der Waals surface area contributed by atoms with Crippen LogP contribution in [0.15, 0.2) is 53.0 Å². The molecule has 1 heterocycles. The smallest absolute Gasteiger partial charge is 0.119 e. The minimum atomic E-state index is -0.596. The number of ether oxygens (including phenoxy) is 1. The number of aliphatic hydroxyl groups excluding tert-OH is 1. The van der Waals surface area contributed by atoms with Gasteiger partial charge in [-0.1, -0.05) is 35.0 Å². The summed E-state index contributed by atoms with van der Waals surface area (Å²) < 4.78 is 8.79. The second-order valence-corrected chi connectivity index (χ2v) is 6.71. The highest BCUT2D eigenvalue weighted by atomic mass is 79.9. The fourth-order valence-electron chi connectivity index (χ4n) is 2.73. The molecule has 0 aliphatic carbocycles. The number of nitrogens with zero attached hydrogens (tertiary/aromatic N) is 2. The van der Waals surface area contributed by atoms with Crippen molar-refractivity contribution in [1.82, 2.24) is 9.55 Å². The van der Waals surface area contributed by atoms with Gasteiger partial charge in [0.25, 0.3) is 0 Å². The molecular weight excluding hydrogens is 368 g/mol. The van der Waals surface area contributed by atoms with E-state index in [1.54, 1.807) is 0 Å². The predicted molar refractivity (Wildman–Crippen MR) is 99.4 cm³/mol. The highest BCUT2D eigenvalue weighted by Crippen LogP contribution is 2.19. The van der Waals surface area contributed by atoms with Crippen molar-refractivity contribution in [3.05, 3.63) is 58.8 Å². The first kappa shape index (κ1) is 17.0. The summed E-state index contributed by atoms with van der Waals surface area (Å²) in [6, 6.07) is 15.6. The Balaban J connectivity index is 1.71. The molecule has 0 fully saturated rings. The zero-order valence-electron chi connectivity index (χ0n) is 13.7. The van der Waals surface area contributed by atoms with E-state index in [1.807, 2.05) is 48.5 Å². The molecule has 0 saturated carbocycles. The number of halogens is 1. The van der Waals surface area contributed by atoms with E-state index in [1.165, 1.54) is 0 Å². The van der Waals surface area contributed by atoms with Gasteiger partial charge in [-0.15, -0.1) is 0 Å². The van der Waals surface area contributed by atoms with Gasteiger partial charge in [-0.05, 0) is 42.8 Å². The third kappa shape index (κ3) is 3.97. The van der Waals surface area contributed by atoms with Gasteiger partial charge in [-0.25, -0.2) is 4.98 Å². The van der Waals surface area contributed by atoms with Crippen molar-refractivity contribution in [2.75, 3.05) is 6.61 Å². The molecule has 2 aromatic carbocycles. The molecule has 0 amide bonds. The van der Waals surface area contributed by atoms with Crippen LogP contribution in [-0.2, 0) is 13.0 Å². The van der Waals surface area contributed by atoms with Gasteiger partial charge < -0.3 is 14.4 Å². The second-order valence-electron chi connectivity index (χ2n) is 5.80. The highest BCUT2D eigenvalue weighted by Gasteiger charge is 2.14. The summed E-state index contributed by atoms with van der Waals surface area (Å²) in [6.07, 6.45) is 1.32. The molecule has 24 heavy (non-hydrogen) atoms. The van der Waals surface area contributed by atoms with Crippen LogP contribution in [0.25, 0.3) is 11.0 Å². The van der Waals surface area contributed by atoms with Crippen molar-refractivity contribution in [3.63, 3.8) is 0 Å². The monoisotopic (exact) mass is 388 g/mol. The maximum Gasteiger partial charge on any atom is 0.119 e. The molecule has 0 aliphatic rings. The standard InChI is InChI=1S/C19H21BrN2O2/c1-2-5-19-21-17-6-3-4-7-18(17)22(19)12-15(23)13-24-16-10-8-14(20)9-11-16/h3-4,6-11,15,23H,2,5,12-13H2,1H3/t15-/m1/s1. The first-order valence-electron chi connectivity index (χ1n) is 8.18. The molecule has 126 valence electrons. The number of hydrogen-bond acceptors (Lipinski definition) is 3. The molecule has 5 heteroatoms. The van der Waals surface area contributed by atoms with E-state index in [2.05, 4.69) is 32.4 Å². The first-order chi connectivity index (χ1) is 11.7. The van der Waals surface area contributed by atoms with Crippen molar-refractivity contribution in [3.8, 4) is 5.75 Å². The van der Waals surface area contributed by atoms with Crippen LogP contribution >= 0.6 is 15.9 Å². The number of aliphatic hydroxyl groups is 1. The normalized spacial score (nSPS) is 12.5. The molecule has 1 N–H and O–H groups in total. The number of rotatable bonds is 7. The predicted octanol–water partition coefficient (Wildman–Crippen LogP) is 4.19. The van der Waals surface area contributed by atoms with Gasteiger partial charge in [-0.3, -0.25) is 0 Å². The number of para-hydroxylation sites is 2. The zero-order chi connectivity index (χ0) is 16.9. The number of fused-ring (bicyclic) bond motifs is 1. The van der Waals surface area contributed by atoms with Crippen molar-refractivity contribution < 1.29 is 9.84 Å². The van der Waals surface area contributed by atoms with Gasteiger partial charge in [0.05, 0.1) is 17.6 Å². The number of hydrogen-bond donors (Lipinski definition) is 1. The zero-order valence-corrected chi connectivity index (χ0v) is 15.2. The molecule has 0 unspecified atom stereocenters. The van der Waals surface area contributed by atoms with E-state index in [-0.39, 0.29) is 6.61 Å². The van der Waals surface area contributed by atoms with Crippen LogP contribution in [0.2, 0.25) is 0 Å². The fraction of sp³-hybridized carbons (Fsp3) is 0.316. The average molecular weight is 389 g/mol. The number of aromatic nitrogens is 2. The molecule has 3 aromatic rings. The van der Waals surface area contributed by atoms with Gasteiger partial charge in [0.2, 0.25) is 0 Å². The van der Waals surface area contributed by atoms with Crippen molar-refractivity contribution >= 4 is 27.0 Å². The Morgan fingerprint density at radius 2 is 1.92 bits per heavy atom. The minimum absolute atomic E-state index is 0.250. The molecule has 0 radical (unpaired) electrons. The van der Waals surface area contributed by atoms with E-state index >= 15 is 0 Å². The Kier molecular flexibility index (Phi) is 5.53. The topological polar surface area (TPSA) is 47.3 Å². The third-order valence-electron chi connectivity index (χ3n) is 3.86. The largest absolute Gasteiger partial charge is 0.491 e. The van der Waals surface area contributed by atoms with Gasteiger partial charge in [0.1, 0.15) is 24.3 Å². The van der Waals surface area contributed by atoms with Crippen LogP contribution in [0, 0.1) is 0 Å². The Morgan fingerprint density at radius 3 is 2.67 bits per heavy atom. The minimum Gasteiger partial charge on any atom is -0.491 e. The maximum atomic E-state index is 10.4. The maximum absolute atomic E-state index is 10.4. The molecule has 1 aromatic heterocycles. The Labute approximate surface area is 150 Å². The Bertz CT molecular complexity index is 799. The lowest BCUT2D eigenvalue weighted by Gasteiger charge is -2.15. The molecule has 1 atom stereocenters. The van der Waals surface area contributed by atoms with Gasteiger partial charge >= 0.3 is 0 Å².